The summed E-state index contributed by atoms with van der Waals surface area (Å²) in [7, 11) is 2.07. The van der Waals surface area contributed by atoms with Gasteiger partial charge in [0.15, 0.2) is 0 Å². The van der Waals surface area contributed by atoms with Crippen molar-refractivity contribution in [3.63, 3.8) is 0 Å². The molecule has 6 nitrogen and oxygen atoms in total. The fourth-order valence-electron chi connectivity index (χ4n) is 7.26. The maximum atomic E-state index is 14.9. The van der Waals surface area contributed by atoms with Gasteiger partial charge in [-0.05, 0) is 74.4 Å². The number of allylic oxidation sites excluding steroid dienone is 4. The third-order valence-electron chi connectivity index (χ3n) is 9.86. The number of esters is 1. The number of piperazine rings is 1. The van der Waals surface area contributed by atoms with Crippen molar-refractivity contribution in [1.82, 2.24) is 4.90 Å². The monoisotopic (exact) mass is 536 g/mol. The zero-order valence-corrected chi connectivity index (χ0v) is 23.5. The van der Waals surface area contributed by atoms with Crippen LogP contribution >= 0.6 is 0 Å². The predicted octanol–water partition coefficient (Wildman–Crippen LogP) is 4.70. The largest absolute Gasteiger partial charge is 0.423 e. The summed E-state index contributed by atoms with van der Waals surface area (Å²) in [6, 6.07) is 5.14. The molecule has 39 heavy (non-hydrogen) atoms. The normalized spacial score (nSPS) is 34.7. The number of fused-ring (bicyclic) bond motifs is 1. The van der Waals surface area contributed by atoms with Crippen molar-refractivity contribution in [2.75, 3.05) is 44.7 Å². The van der Waals surface area contributed by atoms with E-state index in [1.807, 2.05) is 19.1 Å². The molecule has 2 fully saturated rings. The van der Waals surface area contributed by atoms with Gasteiger partial charge in [-0.15, -0.1) is 0 Å². The fourth-order valence-corrected chi connectivity index (χ4v) is 7.26. The lowest BCUT2D eigenvalue weighted by Gasteiger charge is -2.58. The van der Waals surface area contributed by atoms with Crippen molar-refractivity contribution < 1.29 is 24.1 Å². The van der Waals surface area contributed by atoms with Gasteiger partial charge in [-0.3, -0.25) is 0 Å². The number of hydrogen-bond donors (Lipinski definition) is 2. The number of anilines is 1. The molecule has 0 spiro atoms. The molecule has 0 amide bonds. The second-order valence-electron chi connectivity index (χ2n) is 12.3. The van der Waals surface area contributed by atoms with E-state index >= 15 is 0 Å². The Morgan fingerprint density at radius 2 is 1.95 bits per heavy atom. The summed E-state index contributed by atoms with van der Waals surface area (Å²) in [5.41, 5.74) is 2.22. The summed E-state index contributed by atoms with van der Waals surface area (Å²) in [6.07, 6.45) is 11.3. The molecule has 1 aromatic carbocycles. The molecule has 4 aliphatic rings. The number of nitrogens with zero attached hydrogens (tertiary/aromatic N) is 2. The smallest absolute Gasteiger partial charge is 0.343 e. The van der Waals surface area contributed by atoms with E-state index in [1.54, 1.807) is 18.2 Å². The molecule has 2 N–H and O–H groups in total. The van der Waals surface area contributed by atoms with Crippen LogP contribution in [0.5, 0.6) is 0 Å². The first-order chi connectivity index (χ1) is 18.5. The van der Waals surface area contributed by atoms with E-state index in [0.29, 0.717) is 29.0 Å². The van der Waals surface area contributed by atoms with Gasteiger partial charge in [0.2, 0.25) is 0 Å². The Kier molecular flexibility index (Phi) is 7.61. The van der Waals surface area contributed by atoms with Crippen molar-refractivity contribution in [1.29, 1.82) is 0 Å². The molecule has 1 saturated heterocycles. The highest BCUT2D eigenvalue weighted by Crippen LogP contribution is 2.60. The van der Waals surface area contributed by atoms with Crippen molar-refractivity contribution in [3.05, 3.63) is 70.8 Å². The Morgan fingerprint density at radius 1 is 1.21 bits per heavy atom. The minimum absolute atomic E-state index is 0.0552. The SMILES string of the molecule is CC1=CC[C@@H]2[C@](C)(CO)[C@H](O)CC[C@@]2(C)[C@@H]1/C=C/C1=CC(=C/c2ccc(N3CCN(C)CC3)c(F)c2)/OC1=O. The van der Waals surface area contributed by atoms with Gasteiger partial charge in [-0.25, -0.2) is 9.18 Å². The molecule has 5 atom stereocenters. The van der Waals surface area contributed by atoms with Crippen molar-refractivity contribution in [2.45, 2.75) is 46.1 Å². The number of aliphatic hydroxyl groups is 2. The van der Waals surface area contributed by atoms with E-state index in [4.69, 9.17) is 4.74 Å². The molecule has 0 radical (unpaired) electrons. The van der Waals surface area contributed by atoms with Gasteiger partial charge in [0, 0.05) is 37.5 Å². The number of likely N-dealkylation sites (N-methyl/N-ethyl adjacent to an activating group) is 1. The molecule has 2 aliphatic heterocycles. The van der Waals surface area contributed by atoms with Gasteiger partial charge >= 0.3 is 5.97 Å². The Labute approximate surface area is 231 Å². The summed E-state index contributed by atoms with van der Waals surface area (Å²) in [4.78, 5) is 17.0. The van der Waals surface area contributed by atoms with Crippen LogP contribution in [0.3, 0.4) is 0 Å². The number of carbonyl (C=O) groups excluding carboxylic acids is 1. The van der Waals surface area contributed by atoms with E-state index in [1.165, 1.54) is 11.6 Å². The third kappa shape index (κ3) is 5.12. The molecule has 5 rings (SSSR count). The van der Waals surface area contributed by atoms with Crippen molar-refractivity contribution in [3.8, 4) is 0 Å². The van der Waals surface area contributed by atoms with Crippen molar-refractivity contribution >= 4 is 17.7 Å². The molecule has 0 bridgehead atoms. The number of halogens is 1. The van der Waals surface area contributed by atoms with E-state index < -0.39 is 17.5 Å². The topological polar surface area (TPSA) is 73.2 Å². The first-order valence-electron chi connectivity index (χ1n) is 14.1. The number of aliphatic hydroxyl groups excluding tert-OH is 2. The first kappa shape index (κ1) is 27.8. The summed E-state index contributed by atoms with van der Waals surface area (Å²) in [5, 5.41) is 20.9. The zero-order chi connectivity index (χ0) is 27.9. The van der Waals surface area contributed by atoms with Crippen LogP contribution in [0.4, 0.5) is 10.1 Å². The molecule has 0 unspecified atom stereocenters. The molecule has 1 aromatic rings. The number of rotatable bonds is 5. The van der Waals surface area contributed by atoms with E-state index in [-0.39, 0.29) is 29.7 Å². The molecule has 210 valence electrons. The minimum Gasteiger partial charge on any atom is -0.423 e. The quantitative estimate of drug-likeness (QED) is 0.420. The summed E-state index contributed by atoms with van der Waals surface area (Å²) < 4.78 is 20.4. The minimum atomic E-state index is -0.563. The third-order valence-corrected chi connectivity index (χ3v) is 9.86. The van der Waals surface area contributed by atoms with Gasteiger partial charge in [0.25, 0.3) is 0 Å². The Bertz CT molecular complexity index is 1240. The molecule has 2 heterocycles. The molecule has 1 saturated carbocycles. The van der Waals surface area contributed by atoms with E-state index in [0.717, 1.165) is 39.0 Å². The number of carbonyl (C=O) groups is 1. The fraction of sp³-hybridized carbons (Fsp3) is 0.531. The maximum absolute atomic E-state index is 14.9. The molecule has 2 aliphatic carbocycles. The Morgan fingerprint density at radius 3 is 2.64 bits per heavy atom. The van der Waals surface area contributed by atoms with Crippen LogP contribution in [0.25, 0.3) is 6.08 Å². The highest BCUT2D eigenvalue weighted by atomic mass is 19.1. The first-order valence-corrected chi connectivity index (χ1v) is 14.1. The lowest BCUT2D eigenvalue weighted by molar-refractivity contribution is -0.138. The lowest BCUT2D eigenvalue weighted by Crippen LogP contribution is -2.56. The van der Waals surface area contributed by atoms with Gasteiger partial charge in [0.05, 0.1) is 24.0 Å². The zero-order valence-electron chi connectivity index (χ0n) is 23.5. The van der Waals surface area contributed by atoms with Crippen LogP contribution in [-0.2, 0) is 9.53 Å². The number of cyclic esters (lactones) is 1. The van der Waals surface area contributed by atoms with E-state index in [2.05, 4.69) is 42.8 Å². The van der Waals surface area contributed by atoms with Crippen LogP contribution in [0.15, 0.2) is 59.4 Å². The highest BCUT2D eigenvalue weighted by molar-refractivity contribution is 5.96. The van der Waals surface area contributed by atoms with Crippen LogP contribution < -0.4 is 4.90 Å². The standard InChI is InChI=1S/C32H41FN2O4/c1-21-5-10-28-31(2,12-11-29(37)32(28,3)20-36)25(21)8-7-23-19-24(39-30(23)38)17-22-6-9-27(26(33)18-22)35-15-13-34(4)14-16-35/h5-9,17-19,25,28-29,36-37H,10-16,20H2,1-4H3/b8-7+,24-17-/t25-,28+,29-,31+,32+/m1/s1. The van der Waals surface area contributed by atoms with E-state index in [9.17, 15) is 19.4 Å². The second-order valence-corrected chi connectivity index (χ2v) is 12.3. The molecular formula is C32H41FN2O4. The maximum Gasteiger partial charge on any atom is 0.343 e. The van der Waals surface area contributed by atoms with Gasteiger partial charge in [-0.2, -0.15) is 0 Å². The van der Waals surface area contributed by atoms with Gasteiger partial charge in [0.1, 0.15) is 11.6 Å². The number of ether oxygens (including phenoxy) is 1. The van der Waals surface area contributed by atoms with Gasteiger partial charge in [-0.1, -0.05) is 43.7 Å². The van der Waals surface area contributed by atoms with Crippen LogP contribution in [0.1, 0.15) is 45.6 Å². The highest BCUT2D eigenvalue weighted by Gasteiger charge is 2.56. The Balaban J connectivity index is 1.34. The summed E-state index contributed by atoms with van der Waals surface area (Å²) in [6.45, 7) is 9.69. The molecule has 7 heteroatoms. The predicted molar refractivity (Wildman–Crippen MR) is 151 cm³/mol. The average molecular weight is 537 g/mol. The molecular weight excluding hydrogens is 495 g/mol. The summed E-state index contributed by atoms with van der Waals surface area (Å²) in [5.74, 6) is -0.115. The Hall–Kier alpha value is -2.74. The van der Waals surface area contributed by atoms with Crippen LogP contribution in [0.2, 0.25) is 0 Å². The number of hydrogen-bond acceptors (Lipinski definition) is 6. The van der Waals surface area contributed by atoms with Gasteiger partial charge < -0.3 is 24.7 Å². The molecule has 0 aromatic heterocycles. The number of benzene rings is 1. The average Bonchev–Trinajstić information content (AvgIpc) is 3.25. The van der Waals surface area contributed by atoms with Crippen molar-refractivity contribution in [2.24, 2.45) is 22.7 Å². The van der Waals surface area contributed by atoms with Crippen LogP contribution in [0, 0.1) is 28.5 Å². The lowest BCUT2D eigenvalue weighted by atomic mass is 9.47. The second kappa shape index (κ2) is 10.7. The van der Waals surface area contributed by atoms with Crippen LogP contribution in [-0.4, -0.2) is 67.0 Å². The summed E-state index contributed by atoms with van der Waals surface area (Å²) >= 11 is 0.